The average Bonchev–Trinajstić information content (AvgIpc) is 3.03. The van der Waals surface area contributed by atoms with Gasteiger partial charge in [0.2, 0.25) is 11.8 Å². The van der Waals surface area contributed by atoms with Crippen molar-refractivity contribution < 1.29 is 9.59 Å². The monoisotopic (exact) mass is 365 g/mol. The molecule has 0 unspecified atom stereocenters. The van der Waals surface area contributed by atoms with E-state index in [0.717, 1.165) is 38.5 Å². The fourth-order valence-electron chi connectivity index (χ4n) is 3.42. The predicted molar refractivity (Wildman–Crippen MR) is 104 cm³/mol. The number of nitrogens with zero attached hydrogens (tertiary/aromatic N) is 2. The minimum atomic E-state index is -0.112. The van der Waals surface area contributed by atoms with Crippen molar-refractivity contribution in [2.24, 2.45) is 0 Å². The van der Waals surface area contributed by atoms with E-state index < -0.39 is 0 Å². The van der Waals surface area contributed by atoms with Gasteiger partial charge in [-0.3, -0.25) is 9.59 Å². The molecular formula is C20H19N3O2S. The van der Waals surface area contributed by atoms with Crippen LogP contribution in [0.2, 0.25) is 0 Å². The molecule has 0 radical (unpaired) electrons. The van der Waals surface area contributed by atoms with Crippen LogP contribution in [0.4, 0.5) is 5.69 Å². The highest BCUT2D eigenvalue weighted by atomic mass is 32.1. The van der Waals surface area contributed by atoms with Gasteiger partial charge in [0.15, 0.2) is 0 Å². The molecule has 0 spiro atoms. The lowest BCUT2D eigenvalue weighted by Gasteiger charge is -2.29. The predicted octanol–water partition coefficient (Wildman–Crippen LogP) is 3.83. The maximum Gasteiger partial charge on any atom is 0.221 e. The topological polar surface area (TPSA) is 62.3 Å². The minimum absolute atomic E-state index is 0.0714. The van der Waals surface area contributed by atoms with Gasteiger partial charge in [-0.15, -0.1) is 11.3 Å². The molecule has 0 aliphatic carbocycles. The van der Waals surface area contributed by atoms with Gasteiger partial charge in [-0.2, -0.15) is 0 Å². The second-order valence-electron chi connectivity index (χ2n) is 6.52. The Morgan fingerprint density at radius 1 is 1.19 bits per heavy atom. The zero-order valence-electron chi connectivity index (χ0n) is 14.7. The molecule has 0 atom stereocenters. The van der Waals surface area contributed by atoms with Crippen molar-refractivity contribution in [1.82, 2.24) is 9.88 Å². The summed E-state index contributed by atoms with van der Waals surface area (Å²) < 4.78 is 1.14. The largest absolute Gasteiger partial charge is 0.338 e. The SMILES string of the molecule is CC(=O)Nc1cc2c(c(-c3nc4ccccc4s3)c1)CCN(C(C)=O)C2. The van der Waals surface area contributed by atoms with Crippen LogP contribution < -0.4 is 5.32 Å². The Kier molecular flexibility index (Phi) is 4.20. The first kappa shape index (κ1) is 16.7. The van der Waals surface area contributed by atoms with Gasteiger partial charge in [-0.1, -0.05) is 12.1 Å². The summed E-state index contributed by atoms with van der Waals surface area (Å²) in [6, 6.07) is 12.1. The van der Waals surface area contributed by atoms with E-state index in [1.165, 1.54) is 12.5 Å². The summed E-state index contributed by atoms with van der Waals surface area (Å²) >= 11 is 1.65. The minimum Gasteiger partial charge on any atom is -0.338 e. The van der Waals surface area contributed by atoms with Crippen molar-refractivity contribution in [2.75, 3.05) is 11.9 Å². The molecule has 4 rings (SSSR count). The Labute approximate surface area is 155 Å². The van der Waals surface area contributed by atoms with Crippen LogP contribution in [0.25, 0.3) is 20.8 Å². The maximum atomic E-state index is 11.8. The van der Waals surface area contributed by atoms with E-state index >= 15 is 0 Å². The Bertz CT molecular complexity index is 992. The number of rotatable bonds is 2. The lowest BCUT2D eigenvalue weighted by Crippen LogP contribution is -2.34. The molecule has 26 heavy (non-hydrogen) atoms. The Morgan fingerprint density at radius 3 is 2.73 bits per heavy atom. The van der Waals surface area contributed by atoms with Gasteiger partial charge in [0.05, 0.1) is 10.2 Å². The van der Waals surface area contributed by atoms with Crippen LogP contribution in [-0.2, 0) is 22.6 Å². The third kappa shape index (κ3) is 3.08. The number of thiazole rings is 1. The summed E-state index contributed by atoms with van der Waals surface area (Å²) in [6.45, 7) is 4.37. The van der Waals surface area contributed by atoms with Gasteiger partial charge in [-0.05, 0) is 41.8 Å². The van der Waals surface area contributed by atoms with Crippen molar-refractivity contribution in [3.63, 3.8) is 0 Å². The molecule has 2 aromatic carbocycles. The summed E-state index contributed by atoms with van der Waals surface area (Å²) in [5, 5.41) is 3.83. The average molecular weight is 365 g/mol. The smallest absolute Gasteiger partial charge is 0.221 e. The van der Waals surface area contributed by atoms with Crippen molar-refractivity contribution >= 4 is 39.1 Å². The third-order valence-corrected chi connectivity index (χ3v) is 5.69. The summed E-state index contributed by atoms with van der Waals surface area (Å²) in [5.41, 5.74) is 5.07. The number of nitrogens with one attached hydrogen (secondary N) is 1. The van der Waals surface area contributed by atoms with E-state index in [-0.39, 0.29) is 11.8 Å². The molecular weight excluding hydrogens is 346 g/mol. The standard InChI is InChI=1S/C20H19N3O2S/c1-12(24)21-15-9-14-11-23(13(2)25)8-7-16(14)17(10-15)20-22-18-5-3-4-6-19(18)26-20/h3-6,9-10H,7-8,11H2,1-2H3,(H,21,24). The van der Waals surface area contributed by atoms with Gasteiger partial charge < -0.3 is 10.2 Å². The fraction of sp³-hybridized carbons (Fsp3) is 0.250. The zero-order valence-corrected chi connectivity index (χ0v) is 15.5. The van der Waals surface area contributed by atoms with Crippen molar-refractivity contribution in [2.45, 2.75) is 26.8 Å². The number of anilines is 1. The summed E-state index contributed by atoms with van der Waals surface area (Å²) in [5.74, 6) is -0.0402. The number of carbonyl (C=O) groups excluding carboxylic acids is 2. The van der Waals surface area contributed by atoms with Crippen LogP contribution in [0.5, 0.6) is 0 Å². The van der Waals surface area contributed by atoms with Gasteiger partial charge in [0.1, 0.15) is 5.01 Å². The molecule has 0 saturated carbocycles. The van der Waals surface area contributed by atoms with Gasteiger partial charge >= 0.3 is 0 Å². The fourth-order valence-corrected chi connectivity index (χ4v) is 4.43. The van der Waals surface area contributed by atoms with E-state index in [1.54, 1.807) is 18.3 Å². The van der Waals surface area contributed by atoms with Crippen LogP contribution in [-0.4, -0.2) is 28.2 Å². The molecule has 3 aromatic rings. The molecule has 1 aromatic heterocycles. The molecule has 5 nitrogen and oxygen atoms in total. The molecule has 1 aliphatic rings. The molecule has 1 N–H and O–H groups in total. The van der Waals surface area contributed by atoms with E-state index in [2.05, 4.69) is 11.4 Å². The first-order valence-electron chi connectivity index (χ1n) is 8.56. The number of aromatic nitrogens is 1. The number of fused-ring (bicyclic) bond motifs is 2. The quantitative estimate of drug-likeness (QED) is 0.751. The lowest BCUT2D eigenvalue weighted by atomic mass is 9.93. The van der Waals surface area contributed by atoms with E-state index in [9.17, 15) is 9.59 Å². The molecule has 6 heteroatoms. The highest BCUT2D eigenvalue weighted by Crippen LogP contribution is 2.37. The van der Waals surface area contributed by atoms with E-state index in [1.807, 2.05) is 35.2 Å². The number of carbonyl (C=O) groups is 2. The molecule has 2 heterocycles. The Hall–Kier alpha value is -2.73. The highest BCUT2D eigenvalue weighted by Gasteiger charge is 2.23. The van der Waals surface area contributed by atoms with Crippen molar-refractivity contribution in [1.29, 1.82) is 0 Å². The maximum absolute atomic E-state index is 11.8. The molecule has 0 saturated heterocycles. The number of para-hydroxylation sites is 1. The van der Waals surface area contributed by atoms with Crippen LogP contribution >= 0.6 is 11.3 Å². The van der Waals surface area contributed by atoms with Crippen molar-refractivity contribution in [3.05, 3.63) is 47.5 Å². The first-order chi connectivity index (χ1) is 12.5. The first-order valence-corrected chi connectivity index (χ1v) is 9.38. The molecule has 0 fully saturated rings. The van der Waals surface area contributed by atoms with Crippen LogP contribution in [0, 0.1) is 0 Å². The normalized spacial score (nSPS) is 13.5. The number of hydrogen-bond donors (Lipinski definition) is 1. The Balaban J connectivity index is 1.86. The van der Waals surface area contributed by atoms with Gasteiger partial charge in [0.25, 0.3) is 0 Å². The van der Waals surface area contributed by atoms with Crippen molar-refractivity contribution in [3.8, 4) is 10.6 Å². The van der Waals surface area contributed by atoms with Crippen LogP contribution in [0.15, 0.2) is 36.4 Å². The number of amides is 2. The molecule has 2 amide bonds. The number of benzene rings is 2. The molecule has 0 bridgehead atoms. The van der Waals surface area contributed by atoms with Gasteiger partial charge in [0, 0.05) is 38.2 Å². The molecule has 1 aliphatic heterocycles. The van der Waals surface area contributed by atoms with Crippen LogP contribution in [0.1, 0.15) is 25.0 Å². The van der Waals surface area contributed by atoms with E-state index in [0.29, 0.717) is 13.1 Å². The van der Waals surface area contributed by atoms with Gasteiger partial charge in [-0.25, -0.2) is 4.98 Å². The molecule has 132 valence electrons. The number of hydrogen-bond acceptors (Lipinski definition) is 4. The second-order valence-corrected chi connectivity index (χ2v) is 7.55. The Morgan fingerprint density at radius 2 is 2.00 bits per heavy atom. The van der Waals surface area contributed by atoms with E-state index in [4.69, 9.17) is 4.98 Å². The van der Waals surface area contributed by atoms with Crippen LogP contribution in [0.3, 0.4) is 0 Å². The lowest BCUT2D eigenvalue weighted by molar-refractivity contribution is -0.129. The highest BCUT2D eigenvalue weighted by molar-refractivity contribution is 7.21. The second kappa shape index (κ2) is 6.53. The third-order valence-electron chi connectivity index (χ3n) is 4.63. The zero-order chi connectivity index (χ0) is 18.3. The summed E-state index contributed by atoms with van der Waals surface area (Å²) in [7, 11) is 0. The summed E-state index contributed by atoms with van der Waals surface area (Å²) in [4.78, 5) is 30.0. The summed E-state index contributed by atoms with van der Waals surface area (Å²) in [6.07, 6.45) is 0.792.